The molecule has 0 spiro atoms. The van der Waals surface area contributed by atoms with Crippen LogP contribution in [0.3, 0.4) is 0 Å². The summed E-state index contributed by atoms with van der Waals surface area (Å²) in [6.45, 7) is 6.93. The highest BCUT2D eigenvalue weighted by Crippen LogP contribution is 2.22. The molecule has 0 saturated carbocycles. The van der Waals surface area contributed by atoms with Crippen LogP contribution in [0.1, 0.15) is 51.5 Å². The van der Waals surface area contributed by atoms with E-state index in [1.165, 1.54) is 5.56 Å². The highest BCUT2D eigenvalue weighted by molar-refractivity contribution is 6.34. The first-order valence-corrected chi connectivity index (χ1v) is 9.77. The summed E-state index contributed by atoms with van der Waals surface area (Å²) in [7, 11) is 0. The van der Waals surface area contributed by atoms with Gasteiger partial charge in [0, 0.05) is 26.2 Å². The number of nitrogens with zero attached hydrogens (tertiary/aromatic N) is 2. The van der Waals surface area contributed by atoms with Crippen molar-refractivity contribution in [3.63, 3.8) is 0 Å². The van der Waals surface area contributed by atoms with Crippen molar-refractivity contribution < 1.29 is 9.59 Å². The Morgan fingerprint density at radius 1 is 1.04 bits per heavy atom. The van der Waals surface area contributed by atoms with E-state index in [0.717, 1.165) is 38.5 Å². The zero-order valence-corrected chi connectivity index (χ0v) is 15.7. The molecule has 138 valence electrons. The van der Waals surface area contributed by atoms with Gasteiger partial charge in [0.15, 0.2) is 0 Å². The van der Waals surface area contributed by atoms with Gasteiger partial charge in [-0.05, 0) is 43.6 Å². The Balaban J connectivity index is 1.84. The Hall–Kier alpha value is -1.84. The van der Waals surface area contributed by atoms with Crippen LogP contribution in [0.5, 0.6) is 0 Å². The van der Waals surface area contributed by atoms with E-state index < -0.39 is 0 Å². The SMILES string of the molecule is CCCCN(CCC)C(=O)C(=O)N1CCC(Cc2ccccc2)CC1. The fourth-order valence-corrected chi connectivity index (χ4v) is 3.49. The first kappa shape index (κ1) is 19.5. The molecule has 2 rings (SSSR count). The van der Waals surface area contributed by atoms with Crippen LogP contribution in [0.4, 0.5) is 0 Å². The third-order valence-electron chi connectivity index (χ3n) is 5.01. The number of hydrogen-bond donors (Lipinski definition) is 0. The zero-order valence-electron chi connectivity index (χ0n) is 15.7. The van der Waals surface area contributed by atoms with Gasteiger partial charge < -0.3 is 9.80 Å². The molecule has 0 unspecified atom stereocenters. The van der Waals surface area contributed by atoms with Crippen LogP contribution < -0.4 is 0 Å². The fraction of sp³-hybridized carbons (Fsp3) is 0.619. The highest BCUT2D eigenvalue weighted by atomic mass is 16.2. The van der Waals surface area contributed by atoms with Crippen molar-refractivity contribution in [2.24, 2.45) is 5.92 Å². The number of rotatable bonds is 7. The van der Waals surface area contributed by atoms with E-state index in [1.54, 1.807) is 9.80 Å². The van der Waals surface area contributed by atoms with Gasteiger partial charge in [-0.1, -0.05) is 50.6 Å². The van der Waals surface area contributed by atoms with Crippen LogP contribution in [0.2, 0.25) is 0 Å². The number of carbonyl (C=O) groups excluding carboxylic acids is 2. The van der Waals surface area contributed by atoms with Crippen LogP contribution in [-0.4, -0.2) is 47.8 Å². The number of piperidine rings is 1. The molecule has 4 nitrogen and oxygen atoms in total. The lowest BCUT2D eigenvalue weighted by Gasteiger charge is -2.33. The molecule has 0 aliphatic carbocycles. The van der Waals surface area contributed by atoms with Crippen molar-refractivity contribution in [2.45, 2.75) is 52.4 Å². The molecular formula is C21H32N2O2. The predicted octanol–water partition coefficient (Wildman–Crippen LogP) is 3.51. The largest absolute Gasteiger partial charge is 0.334 e. The van der Waals surface area contributed by atoms with Crippen LogP contribution in [-0.2, 0) is 16.0 Å². The number of unbranched alkanes of at least 4 members (excludes halogenated alkanes) is 1. The molecule has 25 heavy (non-hydrogen) atoms. The highest BCUT2D eigenvalue weighted by Gasteiger charge is 2.29. The van der Waals surface area contributed by atoms with E-state index in [-0.39, 0.29) is 11.8 Å². The van der Waals surface area contributed by atoms with E-state index in [1.807, 2.05) is 13.0 Å². The summed E-state index contributed by atoms with van der Waals surface area (Å²) in [4.78, 5) is 28.6. The van der Waals surface area contributed by atoms with Gasteiger partial charge in [-0.15, -0.1) is 0 Å². The van der Waals surface area contributed by atoms with Gasteiger partial charge in [-0.25, -0.2) is 0 Å². The number of hydrogen-bond acceptors (Lipinski definition) is 2. The first-order valence-electron chi connectivity index (χ1n) is 9.77. The molecule has 0 N–H and O–H groups in total. The molecule has 1 heterocycles. The molecule has 1 saturated heterocycles. The van der Waals surface area contributed by atoms with Crippen LogP contribution in [0, 0.1) is 5.92 Å². The summed E-state index contributed by atoms with van der Waals surface area (Å²) in [6.07, 6.45) is 5.91. The van der Waals surface area contributed by atoms with Gasteiger partial charge >= 0.3 is 11.8 Å². The standard InChI is InChI=1S/C21H32N2O2/c1-3-5-14-22(13-4-2)20(24)21(25)23-15-11-19(12-16-23)17-18-9-7-6-8-10-18/h6-10,19H,3-5,11-17H2,1-2H3. The molecule has 4 heteroatoms. The van der Waals surface area contributed by atoms with Gasteiger partial charge in [-0.2, -0.15) is 0 Å². The Bertz CT molecular complexity index is 536. The Morgan fingerprint density at radius 2 is 1.72 bits per heavy atom. The maximum Gasteiger partial charge on any atom is 0.312 e. The van der Waals surface area contributed by atoms with Crippen molar-refractivity contribution in [2.75, 3.05) is 26.2 Å². The molecule has 0 bridgehead atoms. The maximum absolute atomic E-state index is 12.6. The predicted molar refractivity (Wildman–Crippen MR) is 101 cm³/mol. The number of likely N-dealkylation sites (tertiary alicyclic amines) is 1. The summed E-state index contributed by atoms with van der Waals surface area (Å²) in [5.41, 5.74) is 1.36. The molecule has 0 aromatic heterocycles. The van der Waals surface area contributed by atoms with E-state index in [4.69, 9.17) is 0 Å². The summed E-state index contributed by atoms with van der Waals surface area (Å²) in [5.74, 6) is -0.00656. The lowest BCUT2D eigenvalue weighted by molar-refractivity contribution is -0.152. The lowest BCUT2D eigenvalue weighted by Crippen LogP contribution is -2.48. The summed E-state index contributed by atoms with van der Waals surface area (Å²) >= 11 is 0. The molecule has 1 aromatic carbocycles. The van der Waals surface area contributed by atoms with Crippen LogP contribution >= 0.6 is 0 Å². The third kappa shape index (κ3) is 5.87. The van der Waals surface area contributed by atoms with Crippen LogP contribution in [0.15, 0.2) is 30.3 Å². The van der Waals surface area contributed by atoms with Crippen LogP contribution in [0.25, 0.3) is 0 Å². The van der Waals surface area contributed by atoms with E-state index in [2.05, 4.69) is 31.2 Å². The second kappa shape index (κ2) is 10.2. The molecule has 1 fully saturated rings. The van der Waals surface area contributed by atoms with Gasteiger partial charge in [0.2, 0.25) is 0 Å². The molecule has 1 aliphatic heterocycles. The summed E-state index contributed by atoms with van der Waals surface area (Å²) < 4.78 is 0. The second-order valence-electron chi connectivity index (χ2n) is 7.07. The fourth-order valence-electron chi connectivity index (χ4n) is 3.49. The van der Waals surface area contributed by atoms with E-state index >= 15 is 0 Å². The first-order chi connectivity index (χ1) is 12.2. The molecule has 0 atom stereocenters. The molecule has 1 aromatic rings. The molecule has 1 aliphatic rings. The molecular weight excluding hydrogens is 312 g/mol. The quantitative estimate of drug-likeness (QED) is 0.710. The molecule has 2 amide bonds. The van der Waals surface area contributed by atoms with Crippen molar-refractivity contribution in [3.05, 3.63) is 35.9 Å². The lowest BCUT2D eigenvalue weighted by atomic mass is 9.90. The van der Waals surface area contributed by atoms with E-state index in [0.29, 0.717) is 32.1 Å². The Labute approximate surface area is 152 Å². The average molecular weight is 344 g/mol. The summed E-state index contributed by atoms with van der Waals surface area (Å²) in [6, 6.07) is 10.5. The minimum Gasteiger partial charge on any atom is -0.334 e. The molecule has 0 radical (unpaired) electrons. The monoisotopic (exact) mass is 344 g/mol. The number of amides is 2. The second-order valence-corrected chi connectivity index (χ2v) is 7.07. The minimum absolute atomic E-state index is 0.303. The number of carbonyl (C=O) groups is 2. The van der Waals surface area contributed by atoms with Gasteiger partial charge in [0.25, 0.3) is 0 Å². The number of benzene rings is 1. The van der Waals surface area contributed by atoms with Crippen molar-refractivity contribution in [1.29, 1.82) is 0 Å². The maximum atomic E-state index is 12.6. The van der Waals surface area contributed by atoms with E-state index in [9.17, 15) is 9.59 Å². The Kier molecular flexibility index (Phi) is 7.96. The van der Waals surface area contributed by atoms with Crippen molar-refractivity contribution in [3.8, 4) is 0 Å². The normalized spacial score (nSPS) is 15.2. The van der Waals surface area contributed by atoms with Crippen molar-refractivity contribution in [1.82, 2.24) is 9.80 Å². The summed E-state index contributed by atoms with van der Waals surface area (Å²) in [5, 5.41) is 0. The smallest absolute Gasteiger partial charge is 0.312 e. The third-order valence-corrected chi connectivity index (χ3v) is 5.01. The zero-order chi connectivity index (χ0) is 18.1. The minimum atomic E-state index is -0.309. The van der Waals surface area contributed by atoms with Crippen molar-refractivity contribution >= 4 is 11.8 Å². The average Bonchev–Trinajstić information content (AvgIpc) is 2.65. The van der Waals surface area contributed by atoms with Gasteiger partial charge in [0.05, 0.1) is 0 Å². The van der Waals surface area contributed by atoms with Gasteiger partial charge in [-0.3, -0.25) is 9.59 Å². The topological polar surface area (TPSA) is 40.6 Å². The van der Waals surface area contributed by atoms with Gasteiger partial charge in [0.1, 0.15) is 0 Å². The Morgan fingerprint density at radius 3 is 2.32 bits per heavy atom.